The zero-order chi connectivity index (χ0) is 28.3. The van der Waals surface area contributed by atoms with Crippen LogP contribution in [0.5, 0.6) is 5.75 Å². The van der Waals surface area contributed by atoms with Crippen molar-refractivity contribution in [2.75, 3.05) is 25.5 Å². The number of piperidine rings is 1. The third-order valence-corrected chi connectivity index (χ3v) is 6.28. The summed E-state index contributed by atoms with van der Waals surface area (Å²) in [7, 11) is 1.39. The lowest BCUT2D eigenvalue weighted by Crippen LogP contribution is -2.41. The van der Waals surface area contributed by atoms with E-state index in [0.29, 0.717) is 37.3 Å². The highest BCUT2D eigenvalue weighted by Crippen LogP contribution is 2.34. The summed E-state index contributed by atoms with van der Waals surface area (Å²) in [6.45, 7) is 6.20. The number of anilines is 1. The van der Waals surface area contributed by atoms with Crippen LogP contribution in [0.15, 0.2) is 48.7 Å². The lowest BCUT2D eigenvalue weighted by atomic mass is 9.90. The highest BCUT2D eigenvalue weighted by Gasteiger charge is 2.32. The molecular formula is C27H30FN5O6. The third kappa shape index (κ3) is 6.33. The van der Waals surface area contributed by atoms with Crippen LogP contribution in [0.4, 0.5) is 20.6 Å². The first-order valence-electron chi connectivity index (χ1n) is 12.4. The second-order valence-electron chi connectivity index (χ2n) is 10.2. The van der Waals surface area contributed by atoms with Crippen LogP contribution in [0.3, 0.4) is 0 Å². The molecule has 1 N–H and O–H groups in total. The standard InChI is InChI=1S/C27H30FN5O6/c1-27(2,3)39-26(35)31-12-10-17(11-13-31)24-21(16-29-32(24)19-7-5-6-18(28)14-19)25(34)30-22-15-20(33(36)37)8-9-23(22)38-4/h5-9,14-17H,10-13H2,1-4H3,(H,30,34). The van der Waals surface area contributed by atoms with E-state index in [2.05, 4.69) is 10.4 Å². The number of aromatic nitrogens is 2. The number of carbonyl (C=O) groups excluding carboxylic acids is 2. The average Bonchev–Trinajstić information content (AvgIpc) is 3.33. The SMILES string of the molecule is COc1ccc([N+](=O)[O-])cc1NC(=O)c1cnn(-c2cccc(F)c2)c1C1CCN(C(=O)OC(C)(C)C)CC1. The number of likely N-dealkylation sites (tertiary alicyclic amines) is 1. The molecule has 2 aromatic carbocycles. The molecule has 39 heavy (non-hydrogen) atoms. The van der Waals surface area contributed by atoms with E-state index in [9.17, 15) is 24.1 Å². The summed E-state index contributed by atoms with van der Waals surface area (Å²) in [5.41, 5.74) is 0.501. The first-order valence-corrected chi connectivity index (χ1v) is 12.4. The fourth-order valence-electron chi connectivity index (χ4n) is 4.50. The van der Waals surface area contributed by atoms with Crippen LogP contribution in [0.2, 0.25) is 0 Å². The Balaban J connectivity index is 1.66. The molecule has 1 saturated heterocycles. The molecule has 0 bridgehead atoms. The molecule has 206 valence electrons. The van der Waals surface area contributed by atoms with E-state index in [1.807, 2.05) is 0 Å². The molecule has 1 fully saturated rings. The predicted octanol–water partition coefficient (Wildman–Crippen LogP) is 5.30. The molecule has 0 spiro atoms. The zero-order valence-electron chi connectivity index (χ0n) is 22.1. The summed E-state index contributed by atoms with van der Waals surface area (Å²) in [6, 6.07) is 9.76. The van der Waals surface area contributed by atoms with Gasteiger partial charge in [-0.25, -0.2) is 13.9 Å². The van der Waals surface area contributed by atoms with Crippen LogP contribution in [0.1, 0.15) is 55.6 Å². The molecule has 0 saturated carbocycles. The Bertz CT molecular complexity index is 1390. The Hall–Kier alpha value is -4.48. The second-order valence-corrected chi connectivity index (χ2v) is 10.2. The Morgan fingerprint density at radius 3 is 2.49 bits per heavy atom. The largest absolute Gasteiger partial charge is 0.495 e. The molecular weight excluding hydrogens is 509 g/mol. The van der Waals surface area contributed by atoms with Gasteiger partial charge >= 0.3 is 6.09 Å². The number of hydrogen-bond acceptors (Lipinski definition) is 7. The minimum Gasteiger partial charge on any atom is -0.495 e. The Kier molecular flexibility index (Phi) is 7.84. The van der Waals surface area contributed by atoms with Crippen molar-refractivity contribution >= 4 is 23.4 Å². The number of ether oxygens (including phenoxy) is 2. The monoisotopic (exact) mass is 539 g/mol. The molecule has 4 rings (SSSR count). The maximum atomic E-state index is 14.1. The molecule has 1 aliphatic rings. The van der Waals surface area contributed by atoms with E-state index >= 15 is 0 Å². The van der Waals surface area contributed by atoms with Crippen LogP contribution in [0, 0.1) is 15.9 Å². The topological polar surface area (TPSA) is 129 Å². The van der Waals surface area contributed by atoms with Gasteiger partial charge in [0.1, 0.15) is 17.2 Å². The normalized spacial score (nSPS) is 14.1. The van der Waals surface area contributed by atoms with E-state index in [-0.39, 0.29) is 28.6 Å². The molecule has 0 atom stereocenters. The van der Waals surface area contributed by atoms with Gasteiger partial charge in [0.15, 0.2) is 0 Å². The second kappa shape index (κ2) is 11.1. The zero-order valence-corrected chi connectivity index (χ0v) is 22.1. The van der Waals surface area contributed by atoms with Gasteiger partial charge in [-0.2, -0.15) is 5.10 Å². The number of non-ortho nitro benzene ring substituents is 1. The third-order valence-electron chi connectivity index (χ3n) is 6.28. The van der Waals surface area contributed by atoms with Crippen molar-refractivity contribution in [2.24, 2.45) is 0 Å². The minimum absolute atomic E-state index is 0.126. The number of nitrogens with one attached hydrogen (secondary N) is 1. The average molecular weight is 540 g/mol. The summed E-state index contributed by atoms with van der Waals surface area (Å²) in [6.07, 6.45) is 2.01. The Morgan fingerprint density at radius 2 is 1.87 bits per heavy atom. The number of benzene rings is 2. The molecule has 1 aliphatic heterocycles. The molecule has 0 aliphatic carbocycles. The van der Waals surface area contributed by atoms with Gasteiger partial charge in [0.25, 0.3) is 11.6 Å². The number of nitro groups is 1. The maximum absolute atomic E-state index is 14.1. The minimum atomic E-state index is -0.622. The van der Waals surface area contributed by atoms with Crippen molar-refractivity contribution in [3.8, 4) is 11.4 Å². The lowest BCUT2D eigenvalue weighted by molar-refractivity contribution is -0.384. The first kappa shape index (κ1) is 27.6. The maximum Gasteiger partial charge on any atom is 0.410 e. The van der Waals surface area contributed by atoms with Gasteiger partial charge in [0.05, 0.1) is 40.9 Å². The van der Waals surface area contributed by atoms with Gasteiger partial charge in [-0.05, 0) is 57.9 Å². The number of nitro benzene ring substituents is 1. The molecule has 3 aromatic rings. The van der Waals surface area contributed by atoms with Crippen molar-refractivity contribution in [3.63, 3.8) is 0 Å². The van der Waals surface area contributed by atoms with Gasteiger partial charge in [-0.1, -0.05) is 6.07 Å². The van der Waals surface area contributed by atoms with E-state index in [1.165, 1.54) is 48.3 Å². The van der Waals surface area contributed by atoms with Crippen molar-refractivity contribution in [3.05, 3.63) is 75.9 Å². The van der Waals surface area contributed by atoms with Crippen molar-refractivity contribution < 1.29 is 28.4 Å². The van der Waals surface area contributed by atoms with E-state index < -0.39 is 28.3 Å². The fourth-order valence-corrected chi connectivity index (χ4v) is 4.50. The van der Waals surface area contributed by atoms with E-state index in [4.69, 9.17) is 9.47 Å². The van der Waals surface area contributed by atoms with Crippen LogP contribution in [-0.2, 0) is 4.74 Å². The molecule has 1 aromatic heterocycles. The van der Waals surface area contributed by atoms with E-state index in [1.54, 1.807) is 37.8 Å². The lowest BCUT2D eigenvalue weighted by Gasteiger charge is -2.34. The van der Waals surface area contributed by atoms with Crippen LogP contribution < -0.4 is 10.1 Å². The van der Waals surface area contributed by atoms with E-state index in [0.717, 1.165) is 0 Å². The van der Waals surface area contributed by atoms with Gasteiger partial charge in [0.2, 0.25) is 0 Å². The number of nitrogens with zero attached hydrogens (tertiary/aromatic N) is 4. The molecule has 11 nitrogen and oxygen atoms in total. The quantitative estimate of drug-likeness (QED) is 0.333. The smallest absolute Gasteiger partial charge is 0.410 e. The van der Waals surface area contributed by atoms with Crippen molar-refractivity contribution in [2.45, 2.75) is 45.1 Å². The summed E-state index contributed by atoms with van der Waals surface area (Å²) in [5.74, 6) is -0.956. The molecule has 2 heterocycles. The fraction of sp³-hybridized carbons (Fsp3) is 0.370. The van der Waals surface area contributed by atoms with Gasteiger partial charge in [-0.3, -0.25) is 14.9 Å². The molecule has 2 amide bonds. The summed E-state index contributed by atoms with van der Waals surface area (Å²) in [4.78, 5) is 38.4. The molecule has 0 unspecified atom stereocenters. The van der Waals surface area contributed by atoms with Crippen LogP contribution in [0.25, 0.3) is 5.69 Å². The Morgan fingerprint density at radius 1 is 1.15 bits per heavy atom. The number of rotatable bonds is 6. The molecule has 12 heteroatoms. The van der Waals surface area contributed by atoms with Gasteiger partial charge in [0, 0.05) is 31.1 Å². The van der Waals surface area contributed by atoms with Gasteiger partial charge < -0.3 is 19.7 Å². The Labute approximate surface area is 224 Å². The predicted molar refractivity (Wildman–Crippen MR) is 141 cm³/mol. The summed E-state index contributed by atoms with van der Waals surface area (Å²) in [5, 5.41) is 18.4. The number of hydrogen-bond donors (Lipinski definition) is 1. The highest BCUT2D eigenvalue weighted by atomic mass is 19.1. The van der Waals surface area contributed by atoms with Gasteiger partial charge in [-0.15, -0.1) is 0 Å². The summed E-state index contributed by atoms with van der Waals surface area (Å²) >= 11 is 0. The number of halogens is 1. The summed E-state index contributed by atoms with van der Waals surface area (Å²) < 4.78 is 26.4. The highest BCUT2D eigenvalue weighted by molar-refractivity contribution is 6.06. The number of carbonyl (C=O) groups is 2. The number of methoxy groups -OCH3 is 1. The molecule has 0 radical (unpaired) electrons. The first-order chi connectivity index (χ1) is 18.5. The van der Waals surface area contributed by atoms with Crippen LogP contribution in [-0.4, -0.2) is 57.4 Å². The number of amides is 2. The van der Waals surface area contributed by atoms with Crippen LogP contribution >= 0.6 is 0 Å². The van der Waals surface area contributed by atoms with Crippen molar-refractivity contribution in [1.82, 2.24) is 14.7 Å². The van der Waals surface area contributed by atoms with Crippen molar-refractivity contribution in [1.29, 1.82) is 0 Å².